The number of hydrogen-bond acceptors (Lipinski definition) is 4. The number of aliphatic hydroxyl groups excluding tert-OH is 1. The number of aromatic amines is 1. The summed E-state index contributed by atoms with van der Waals surface area (Å²) >= 11 is 0. The molecule has 0 aliphatic carbocycles. The molecule has 1 aliphatic heterocycles. The van der Waals surface area contributed by atoms with Crippen molar-refractivity contribution in [2.75, 3.05) is 13.2 Å². The zero-order valence-electron chi connectivity index (χ0n) is 9.35. The van der Waals surface area contributed by atoms with Gasteiger partial charge >= 0.3 is 5.69 Å². The van der Waals surface area contributed by atoms with Crippen molar-refractivity contribution in [2.24, 2.45) is 0 Å². The van der Waals surface area contributed by atoms with Crippen LogP contribution < -0.4 is 11.2 Å². The third kappa shape index (κ3) is 2.20. The Balaban J connectivity index is 2.30. The fourth-order valence-corrected chi connectivity index (χ4v) is 1.97. The van der Waals surface area contributed by atoms with E-state index in [0.29, 0.717) is 0 Å². The Hall–Kier alpha value is -1.91. The first-order chi connectivity index (χ1) is 8.60. The van der Waals surface area contributed by atoms with E-state index in [1.165, 1.54) is 23.0 Å². The number of aliphatic hydroxyl groups is 1. The van der Waals surface area contributed by atoms with Crippen LogP contribution >= 0.6 is 0 Å². The van der Waals surface area contributed by atoms with Crippen LogP contribution in [-0.2, 0) is 4.74 Å². The van der Waals surface area contributed by atoms with Crippen molar-refractivity contribution in [1.82, 2.24) is 9.55 Å². The zero-order valence-corrected chi connectivity index (χ0v) is 9.35. The molecule has 0 bridgehead atoms. The summed E-state index contributed by atoms with van der Waals surface area (Å²) in [6, 6.07) is 0.809. The lowest BCUT2D eigenvalue weighted by Gasteiger charge is -2.18. The van der Waals surface area contributed by atoms with E-state index in [-0.39, 0.29) is 13.0 Å². The van der Waals surface area contributed by atoms with Gasteiger partial charge in [-0.05, 0) is 5.92 Å². The van der Waals surface area contributed by atoms with Gasteiger partial charge < -0.3 is 9.84 Å². The Labute approximate surface area is 101 Å². The van der Waals surface area contributed by atoms with E-state index >= 15 is 0 Å². The number of H-pyrrole nitrogens is 1. The van der Waals surface area contributed by atoms with E-state index in [1.807, 2.05) is 0 Å². The highest BCUT2D eigenvalue weighted by Gasteiger charge is 2.40. The molecule has 2 atom stereocenters. The maximum Gasteiger partial charge on any atom is 0.328 e. The summed E-state index contributed by atoms with van der Waals surface area (Å²) in [5, 5.41) is 9.19. The molecule has 0 aromatic carbocycles. The summed E-state index contributed by atoms with van der Waals surface area (Å²) in [4.78, 5) is 24.6. The molecule has 1 saturated heterocycles. The van der Waals surface area contributed by atoms with Gasteiger partial charge in [0, 0.05) is 18.7 Å². The van der Waals surface area contributed by atoms with Gasteiger partial charge in [0.05, 0.1) is 19.3 Å². The monoisotopic (exact) mass is 254 g/mol. The molecule has 6 nitrogen and oxygen atoms in total. The van der Waals surface area contributed by atoms with Crippen LogP contribution in [0.25, 0.3) is 0 Å². The Kier molecular flexibility index (Phi) is 3.32. The summed E-state index contributed by atoms with van der Waals surface area (Å²) in [5.41, 5.74) is -2.35. The highest BCUT2D eigenvalue weighted by molar-refractivity contribution is 5.15. The minimum absolute atomic E-state index is 0.112. The van der Waals surface area contributed by atoms with Gasteiger partial charge in [-0.2, -0.15) is 0 Å². The number of nitrogens with one attached hydrogen (secondary N) is 1. The third-order valence-corrected chi connectivity index (χ3v) is 2.89. The largest absolute Gasteiger partial charge is 0.392 e. The SMILES string of the molecule is O=c1ccn(C2CO[C@](C#CF)(CO)C2)c(=O)[nH]1. The van der Waals surface area contributed by atoms with Crippen LogP contribution in [0.3, 0.4) is 0 Å². The smallest absolute Gasteiger partial charge is 0.328 e. The van der Waals surface area contributed by atoms with E-state index in [9.17, 15) is 19.1 Å². The van der Waals surface area contributed by atoms with Crippen LogP contribution in [0.1, 0.15) is 12.5 Å². The van der Waals surface area contributed by atoms with E-state index in [0.717, 1.165) is 0 Å². The van der Waals surface area contributed by atoms with Crippen LogP contribution in [0.5, 0.6) is 0 Å². The first-order valence-electron chi connectivity index (χ1n) is 5.29. The molecule has 0 spiro atoms. The van der Waals surface area contributed by atoms with Crippen molar-refractivity contribution < 1.29 is 14.2 Å². The lowest BCUT2D eigenvalue weighted by Crippen LogP contribution is -2.33. The molecule has 96 valence electrons. The van der Waals surface area contributed by atoms with Crippen molar-refractivity contribution in [2.45, 2.75) is 18.1 Å². The standard InChI is InChI=1S/C11H11FN2O4/c12-3-2-11(7-15)5-8(6-18-11)14-4-1-9(16)13-10(14)17/h1,4,8,15H,5-7H2,(H,13,16,17)/t8?,11-/m0/s1. The number of nitrogens with zero attached hydrogens (tertiary/aromatic N) is 1. The molecule has 1 aromatic rings. The van der Waals surface area contributed by atoms with Gasteiger partial charge in [0.25, 0.3) is 5.56 Å². The van der Waals surface area contributed by atoms with Crippen LogP contribution in [0, 0.1) is 12.1 Å². The quantitative estimate of drug-likeness (QED) is 0.674. The fraction of sp³-hybridized carbons (Fsp3) is 0.455. The Morgan fingerprint density at radius 1 is 1.67 bits per heavy atom. The molecule has 18 heavy (non-hydrogen) atoms. The lowest BCUT2D eigenvalue weighted by molar-refractivity contribution is 0.00535. The van der Waals surface area contributed by atoms with Gasteiger partial charge in [-0.15, -0.1) is 4.39 Å². The maximum atomic E-state index is 12.1. The number of hydrogen-bond donors (Lipinski definition) is 2. The molecule has 1 aliphatic rings. The van der Waals surface area contributed by atoms with Gasteiger partial charge in [0.1, 0.15) is 6.17 Å². The molecule has 2 rings (SSSR count). The summed E-state index contributed by atoms with van der Waals surface area (Å²) in [6.07, 6.45) is 2.73. The number of halogens is 1. The molecule has 0 amide bonds. The molecule has 7 heteroatoms. The average molecular weight is 254 g/mol. The maximum absolute atomic E-state index is 12.1. The molecule has 2 N–H and O–H groups in total. The summed E-state index contributed by atoms with van der Waals surface area (Å²) < 4.78 is 18.6. The van der Waals surface area contributed by atoms with Crippen molar-refractivity contribution >= 4 is 0 Å². The predicted octanol–water partition coefficient (Wildman–Crippen LogP) is -0.841. The molecule has 2 heterocycles. The normalized spacial score (nSPS) is 26.7. The predicted molar refractivity (Wildman–Crippen MR) is 59.6 cm³/mol. The van der Waals surface area contributed by atoms with Crippen LogP contribution in [0.2, 0.25) is 0 Å². The lowest BCUT2D eigenvalue weighted by atomic mass is 10.00. The summed E-state index contributed by atoms with van der Waals surface area (Å²) in [6.45, 7) is -0.348. The second-order valence-electron chi connectivity index (χ2n) is 4.06. The Morgan fingerprint density at radius 3 is 3.06 bits per heavy atom. The number of ether oxygens (including phenoxy) is 1. The highest BCUT2D eigenvalue weighted by atomic mass is 19.1. The molecule has 1 unspecified atom stereocenters. The van der Waals surface area contributed by atoms with E-state index < -0.39 is 29.5 Å². The van der Waals surface area contributed by atoms with Gasteiger partial charge in [0.2, 0.25) is 0 Å². The molecule has 0 radical (unpaired) electrons. The first kappa shape index (κ1) is 12.5. The van der Waals surface area contributed by atoms with Crippen LogP contribution in [-0.4, -0.2) is 33.5 Å². The average Bonchev–Trinajstić information content (AvgIpc) is 2.74. The first-order valence-corrected chi connectivity index (χ1v) is 5.29. The van der Waals surface area contributed by atoms with Crippen molar-refractivity contribution in [1.29, 1.82) is 0 Å². The molecule has 1 aromatic heterocycles. The fourth-order valence-electron chi connectivity index (χ4n) is 1.97. The molecular formula is C11H11FN2O4. The molecule has 0 saturated carbocycles. The minimum Gasteiger partial charge on any atom is -0.392 e. The van der Waals surface area contributed by atoms with E-state index in [4.69, 9.17) is 4.74 Å². The zero-order chi connectivity index (χ0) is 13.2. The Morgan fingerprint density at radius 2 is 2.44 bits per heavy atom. The topological polar surface area (TPSA) is 84.3 Å². The second-order valence-corrected chi connectivity index (χ2v) is 4.06. The van der Waals surface area contributed by atoms with E-state index in [1.54, 1.807) is 0 Å². The van der Waals surface area contributed by atoms with Crippen LogP contribution in [0.15, 0.2) is 21.9 Å². The van der Waals surface area contributed by atoms with Gasteiger partial charge in [-0.3, -0.25) is 14.3 Å². The van der Waals surface area contributed by atoms with Gasteiger partial charge in [-0.1, -0.05) is 0 Å². The molecule has 1 fully saturated rings. The summed E-state index contributed by atoms with van der Waals surface area (Å²) in [5.74, 6) is 2.16. The van der Waals surface area contributed by atoms with Crippen LogP contribution in [0.4, 0.5) is 4.39 Å². The minimum atomic E-state index is -1.28. The third-order valence-electron chi connectivity index (χ3n) is 2.89. The summed E-state index contributed by atoms with van der Waals surface area (Å²) in [7, 11) is 0. The van der Waals surface area contributed by atoms with Crippen molar-refractivity contribution in [3.63, 3.8) is 0 Å². The second kappa shape index (κ2) is 4.76. The van der Waals surface area contributed by atoms with Crippen molar-refractivity contribution in [3.05, 3.63) is 33.1 Å². The van der Waals surface area contributed by atoms with Crippen molar-refractivity contribution in [3.8, 4) is 12.1 Å². The number of rotatable bonds is 2. The number of aromatic nitrogens is 2. The highest BCUT2D eigenvalue weighted by Crippen LogP contribution is 2.31. The van der Waals surface area contributed by atoms with Gasteiger partial charge in [0.15, 0.2) is 5.60 Å². The molecular weight excluding hydrogens is 243 g/mol. The van der Waals surface area contributed by atoms with Gasteiger partial charge in [-0.25, -0.2) is 4.79 Å². The van der Waals surface area contributed by atoms with E-state index in [2.05, 4.69) is 10.9 Å². The Bertz CT molecular complexity index is 612.